The van der Waals surface area contributed by atoms with E-state index in [2.05, 4.69) is 0 Å². The summed E-state index contributed by atoms with van der Waals surface area (Å²) >= 11 is 0. The lowest BCUT2D eigenvalue weighted by molar-refractivity contribution is 0.0977. The molecule has 0 N–H and O–H groups in total. The number of Topliss-reactive ketones (excluding diaryl/α,β-unsaturated/α-hetero) is 1. The van der Waals surface area contributed by atoms with Crippen molar-refractivity contribution in [2.45, 2.75) is 12.3 Å². The van der Waals surface area contributed by atoms with Crippen molar-refractivity contribution in [3.05, 3.63) is 101 Å². The highest BCUT2D eigenvalue weighted by molar-refractivity contribution is 5.96. The van der Waals surface area contributed by atoms with Gasteiger partial charge in [-0.05, 0) is 47.5 Å². The Hall–Kier alpha value is -2.94. The maximum atomic E-state index is 13.1. The van der Waals surface area contributed by atoms with Crippen molar-refractivity contribution < 1.29 is 13.9 Å². The molecule has 3 rings (SSSR count). The summed E-state index contributed by atoms with van der Waals surface area (Å²) in [6, 6.07) is 23.4. The molecule has 0 fully saturated rings. The van der Waals surface area contributed by atoms with E-state index in [0.29, 0.717) is 12.0 Å². The molecule has 0 saturated carbocycles. The smallest absolute Gasteiger partial charge is 0.163 e. The lowest BCUT2D eigenvalue weighted by Gasteiger charge is -2.18. The number of ketones is 1. The molecule has 0 amide bonds. The highest BCUT2D eigenvalue weighted by Gasteiger charge is 2.19. The summed E-state index contributed by atoms with van der Waals surface area (Å²) in [7, 11) is 1.63. The molecule has 0 radical (unpaired) electrons. The third-order valence-electron chi connectivity index (χ3n) is 4.28. The Morgan fingerprint density at radius 3 is 2.08 bits per heavy atom. The van der Waals surface area contributed by atoms with Crippen molar-refractivity contribution in [3.63, 3.8) is 0 Å². The second-order valence-electron chi connectivity index (χ2n) is 5.87. The maximum Gasteiger partial charge on any atom is 0.163 e. The first-order chi connectivity index (χ1) is 12.2. The summed E-state index contributed by atoms with van der Waals surface area (Å²) in [5.74, 6) is 0.362. The first-order valence-corrected chi connectivity index (χ1v) is 8.15. The van der Waals surface area contributed by atoms with E-state index in [0.717, 1.165) is 16.9 Å². The number of ether oxygens (including phenoxy) is 1. The molecule has 0 spiro atoms. The summed E-state index contributed by atoms with van der Waals surface area (Å²) < 4.78 is 18.3. The normalized spacial score (nSPS) is 11.8. The van der Waals surface area contributed by atoms with Gasteiger partial charge in [0.1, 0.15) is 11.6 Å². The van der Waals surface area contributed by atoms with Crippen molar-refractivity contribution in [2.24, 2.45) is 0 Å². The third kappa shape index (κ3) is 4.13. The van der Waals surface area contributed by atoms with E-state index in [1.807, 2.05) is 54.6 Å². The lowest BCUT2D eigenvalue weighted by atomic mass is 9.86. The minimum atomic E-state index is -0.341. The fraction of sp³-hybridized carbons (Fsp3) is 0.136. The van der Waals surface area contributed by atoms with E-state index >= 15 is 0 Å². The molecule has 1 unspecified atom stereocenters. The molecule has 0 bridgehead atoms. The van der Waals surface area contributed by atoms with Crippen LogP contribution >= 0.6 is 0 Å². The number of halogens is 1. The first-order valence-electron chi connectivity index (χ1n) is 8.15. The summed E-state index contributed by atoms with van der Waals surface area (Å²) in [5.41, 5.74) is 2.64. The van der Waals surface area contributed by atoms with Crippen LogP contribution in [0.4, 0.5) is 4.39 Å². The number of hydrogen-bond acceptors (Lipinski definition) is 2. The average Bonchev–Trinajstić information content (AvgIpc) is 2.67. The molecular weight excluding hydrogens is 315 g/mol. The highest BCUT2D eigenvalue weighted by Crippen LogP contribution is 2.30. The zero-order valence-corrected chi connectivity index (χ0v) is 14.0. The molecule has 0 aliphatic carbocycles. The van der Waals surface area contributed by atoms with E-state index in [1.165, 1.54) is 24.3 Å². The second-order valence-corrected chi connectivity index (χ2v) is 5.87. The molecule has 25 heavy (non-hydrogen) atoms. The zero-order valence-electron chi connectivity index (χ0n) is 14.0. The third-order valence-corrected chi connectivity index (χ3v) is 4.28. The van der Waals surface area contributed by atoms with Gasteiger partial charge in [-0.25, -0.2) is 4.39 Å². The number of benzene rings is 3. The molecule has 0 aliphatic rings. The lowest BCUT2D eigenvalue weighted by Crippen LogP contribution is -2.09. The Balaban J connectivity index is 1.90. The van der Waals surface area contributed by atoms with Crippen LogP contribution < -0.4 is 4.74 Å². The predicted molar refractivity (Wildman–Crippen MR) is 96.6 cm³/mol. The van der Waals surface area contributed by atoms with Crippen LogP contribution in [0, 0.1) is 5.82 Å². The van der Waals surface area contributed by atoms with Crippen LogP contribution in [0.15, 0.2) is 78.9 Å². The van der Waals surface area contributed by atoms with Gasteiger partial charge in [-0.2, -0.15) is 0 Å². The van der Waals surface area contributed by atoms with Crippen LogP contribution in [0.3, 0.4) is 0 Å². The molecule has 1 atom stereocenters. The number of carbonyl (C=O) groups excluding carboxylic acids is 1. The second kappa shape index (κ2) is 7.75. The average molecular weight is 334 g/mol. The number of rotatable bonds is 6. The van der Waals surface area contributed by atoms with E-state index in [1.54, 1.807) is 7.11 Å². The van der Waals surface area contributed by atoms with E-state index < -0.39 is 0 Å². The predicted octanol–water partition coefficient (Wildman–Crippen LogP) is 5.24. The van der Waals surface area contributed by atoms with Gasteiger partial charge in [0, 0.05) is 17.9 Å². The van der Waals surface area contributed by atoms with Gasteiger partial charge in [0.15, 0.2) is 5.78 Å². The standard InChI is InChI=1S/C22H19FO2/c1-25-20-13-9-17(10-14-20)21(16-5-3-2-4-6-16)15-22(24)18-7-11-19(23)12-8-18/h2-14,21H,15H2,1H3. The van der Waals surface area contributed by atoms with Crippen LogP contribution in [0.5, 0.6) is 5.75 Å². The van der Waals surface area contributed by atoms with Gasteiger partial charge in [-0.1, -0.05) is 42.5 Å². The molecule has 3 aromatic carbocycles. The molecule has 3 heteroatoms. The fourth-order valence-electron chi connectivity index (χ4n) is 2.89. The minimum Gasteiger partial charge on any atom is -0.497 e. The van der Waals surface area contributed by atoms with Crippen molar-refractivity contribution in [1.82, 2.24) is 0 Å². The number of carbonyl (C=O) groups is 1. The van der Waals surface area contributed by atoms with Crippen molar-refractivity contribution >= 4 is 5.78 Å². The first kappa shape index (κ1) is 16.9. The molecule has 0 saturated heterocycles. The molecule has 2 nitrogen and oxygen atoms in total. The van der Waals surface area contributed by atoms with Crippen LogP contribution in [0.1, 0.15) is 33.8 Å². The summed E-state index contributed by atoms with van der Waals surface area (Å²) in [6.45, 7) is 0. The van der Waals surface area contributed by atoms with Crippen LogP contribution in [-0.2, 0) is 0 Å². The number of hydrogen-bond donors (Lipinski definition) is 0. The maximum absolute atomic E-state index is 13.1. The van der Waals surface area contributed by atoms with Gasteiger partial charge >= 0.3 is 0 Å². The van der Waals surface area contributed by atoms with Crippen molar-refractivity contribution in [3.8, 4) is 5.75 Å². The number of methoxy groups -OCH3 is 1. The summed E-state index contributed by atoms with van der Waals surface area (Å²) in [4.78, 5) is 12.7. The van der Waals surface area contributed by atoms with Gasteiger partial charge < -0.3 is 4.74 Å². The van der Waals surface area contributed by atoms with E-state index in [-0.39, 0.29) is 17.5 Å². The molecule has 126 valence electrons. The van der Waals surface area contributed by atoms with E-state index in [4.69, 9.17) is 4.74 Å². The van der Waals surface area contributed by atoms with Gasteiger partial charge in [-0.15, -0.1) is 0 Å². The Labute approximate surface area is 146 Å². The van der Waals surface area contributed by atoms with Crippen molar-refractivity contribution in [2.75, 3.05) is 7.11 Å². The SMILES string of the molecule is COc1ccc(C(CC(=O)c2ccc(F)cc2)c2ccccc2)cc1. The van der Waals surface area contributed by atoms with Gasteiger partial charge in [-0.3, -0.25) is 4.79 Å². The zero-order chi connectivity index (χ0) is 17.6. The molecule has 0 aromatic heterocycles. The highest BCUT2D eigenvalue weighted by atomic mass is 19.1. The van der Waals surface area contributed by atoms with Crippen LogP contribution in [-0.4, -0.2) is 12.9 Å². The van der Waals surface area contributed by atoms with E-state index in [9.17, 15) is 9.18 Å². The molecule has 0 aliphatic heterocycles. The Kier molecular flexibility index (Phi) is 5.24. The monoisotopic (exact) mass is 334 g/mol. The van der Waals surface area contributed by atoms with Crippen LogP contribution in [0.2, 0.25) is 0 Å². The quantitative estimate of drug-likeness (QED) is 0.576. The van der Waals surface area contributed by atoms with Crippen LogP contribution in [0.25, 0.3) is 0 Å². The Morgan fingerprint density at radius 2 is 1.48 bits per heavy atom. The van der Waals surface area contributed by atoms with Crippen molar-refractivity contribution in [1.29, 1.82) is 0 Å². The van der Waals surface area contributed by atoms with Gasteiger partial charge in [0.05, 0.1) is 7.11 Å². The largest absolute Gasteiger partial charge is 0.497 e. The molecule has 0 heterocycles. The summed E-state index contributed by atoms with van der Waals surface area (Å²) in [6.07, 6.45) is 0.321. The molecular formula is C22H19FO2. The van der Waals surface area contributed by atoms with Gasteiger partial charge in [0.25, 0.3) is 0 Å². The minimum absolute atomic E-state index is 0.00956. The van der Waals surface area contributed by atoms with Gasteiger partial charge in [0.2, 0.25) is 0 Å². The Morgan fingerprint density at radius 1 is 0.880 bits per heavy atom. The topological polar surface area (TPSA) is 26.3 Å². The summed E-state index contributed by atoms with van der Waals surface area (Å²) in [5, 5.41) is 0. The Bertz CT molecular complexity index is 824. The fourth-order valence-corrected chi connectivity index (χ4v) is 2.89. The molecule has 3 aromatic rings.